The summed E-state index contributed by atoms with van der Waals surface area (Å²) < 4.78 is 0. The third-order valence-electron chi connectivity index (χ3n) is 2.43. The summed E-state index contributed by atoms with van der Waals surface area (Å²) >= 11 is 0. The molecule has 1 saturated heterocycles. The van der Waals surface area contributed by atoms with Gasteiger partial charge in [0.15, 0.2) is 0 Å². The molecule has 0 atom stereocenters. The van der Waals surface area contributed by atoms with Gasteiger partial charge in [0, 0.05) is 20.1 Å². The quantitative estimate of drug-likeness (QED) is 0.373. The number of rotatable bonds is 2. The average Bonchev–Trinajstić information content (AvgIpc) is 2.20. The van der Waals surface area contributed by atoms with Crippen molar-refractivity contribution in [3.63, 3.8) is 0 Å². The van der Waals surface area contributed by atoms with E-state index in [1.807, 2.05) is 20.0 Å². The number of piperidine rings is 1. The SMILES string of the molecule is C=C(C)/C=C\C(=NC)N1CCCCC1. The summed E-state index contributed by atoms with van der Waals surface area (Å²) in [5.41, 5.74) is 1.07. The molecule has 1 rings (SSSR count). The number of amidine groups is 1. The highest BCUT2D eigenvalue weighted by Gasteiger charge is 2.11. The maximum absolute atomic E-state index is 4.30. The van der Waals surface area contributed by atoms with Crippen molar-refractivity contribution >= 4 is 5.84 Å². The molecule has 1 aliphatic rings. The standard InChI is InChI=1S/C12H20N2/c1-11(2)7-8-12(13-3)14-9-5-4-6-10-14/h7-8H,1,4-6,9-10H2,2-3H3/b8-7-,13-12?. The van der Waals surface area contributed by atoms with Gasteiger partial charge in [-0.3, -0.25) is 4.99 Å². The van der Waals surface area contributed by atoms with Crippen LogP contribution in [0.4, 0.5) is 0 Å². The van der Waals surface area contributed by atoms with Crippen molar-refractivity contribution in [2.45, 2.75) is 26.2 Å². The smallest absolute Gasteiger partial charge is 0.123 e. The fraction of sp³-hybridized carbons (Fsp3) is 0.583. The van der Waals surface area contributed by atoms with E-state index in [9.17, 15) is 0 Å². The van der Waals surface area contributed by atoms with E-state index in [0.29, 0.717) is 0 Å². The molecule has 14 heavy (non-hydrogen) atoms. The lowest BCUT2D eigenvalue weighted by molar-refractivity contribution is 0.343. The van der Waals surface area contributed by atoms with Crippen molar-refractivity contribution in [2.75, 3.05) is 20.1 Å². The minimum Gasteiger partial charge on any atom is -0.357 e. The van der Waals surface area contributed by atoms with Gasteiger partial charge >= 0.3 is 0 Å². The molecular formula is C12H20N2. The Balaban J connectivity index is 2.57. The summed E-state index contributed by atoms with van der Waals surface area (Å²) in [5, 5.41) is 0. The second-order valence-corrected chi connectivity index (χ2v) is 3.81. The zero-order chi connectivity index (χ0) is 10.4. The number of hydrogen-bond acceptors (Lipinski definition) is 1. The second-order valence-electron chi connectivity index (χ2n) is 3.81. The zero-order valence-electron chi connectivity index (χ0n) is 9.29. The molecule has 0 saturated carbocycles. The van der Waals surface area contributed by atoms with Gasteiger partial charge in [0.25, 0.3) is 0 Å². The largest absolute Gasteiger partial charge is 0.357 e. The topological polar surface area (TPSA) is 15.6 Å². The molecule has 0 aromatic rings. The van der Waals surface area contributed by atoms with Crippen LogP contribution in [0.3, 0.4) is 0 Å². The van der Waals surface area contributed by atoms with Crippen LogP contribution in [0.2, 0.25) is 0 Å². The highest BCUT2D eigenvalue weighted by Crippen LogP contribution is 2.10. The average molecular weight is 192 g/mol. The number of allylic oxidation sites excluding steroid dienone is 2. The van der Waals surface area contributed by atoms with Crippen molar-refractivity contribution in [1.29, 1.82) is 0 Å². The van der Waals surface area contributed by atoms with E-state index in [2.05, 4.69) is 22.5 Å². The number of aliphatic imine (C=N–C) groups is 1. The van der Waals surface area contributed by atoms with Crippen LogP contribution in [-0.4, -0.2) is 30.9 Å². The fourth-order valence-corrected chi connectivity index (χ4v) is 1.66. The van der Waals surface area contributed by atoms with Gasteiger partial charge in [0.1, 0.15) is 5.84 Å². The third-order valence-corrected chi connectivity index (χ3v) is 2.43. The van der Waals surface area contributed by atoms with Crippen LogP contribution < -0.4 is 0 Å². The first kappa shape index (κ1) is 11.0. The van der Waals surface area contributed by atoms with Gasteiger partial charge in [-0.1, -0.05) is 18.2 Å². The summed E-state index contributed by atoms with van der Waals surface area (Å²) in [6, 6.07) is 0. The summed E-state index contributed by atoms with van der Waals surface area (Å²) in [6.07, 6.45) is 8.03. The predicted octanol–water partition coefficient (Wildman–Crippen LogP) is 2.63. The van der Waals surface area contributed by atoms with Gasteiger partial charge in [0.2, 0.25) is 0 Å². The van der Waals surface area contributed by atoms with Crippen LogP contribution in [0.15, 0.2) is 29.3 Å². The molecule has 2 nitrogen and oxygen atoms in total. The summed E-state index contributed by atoms with van der Waals surface area (Å²) in [7, 11) is 1.85. The number of hydrogen-bond donors (Lipinski definition) is 0. The van der Waals surface area contributed by atoms with Crippen LogP contribution in [0.25, 0.3) is 0 Å². The fourth-order valence-electron chi connectivity index (χ4n) is 1.66. The lowest BCUT2D eigenvalue weighted by atomic mass is 10.1. The highest BCUT2D eigenvalue weighted by atomic mass is 15.2. The Hall–Kier alpha value is -1.05. The van der Waals surface area contributed by atoms with Crippen LogP contribution in [-0.2, 0) is 0 Å². The van der Waals surface area contributed by atoms with Gasteiger partial charge in [-0.2, -0.15) is 0 Å². The van der Waals surface area contributed by atoms with E-state index in [1.54, 1.807) is 0 Å². The van der Waals surface area contributed by atoms with Crippen molar-refractivity contribution in [2.24, 2.45) is 4.99 Å². The molecule has 0 unspecified atom stereocenters. The molecule has 78 valence electrons. The van der Waals surface area contributed by atoms with Crippen LogP contribution in [0.1, 0.15) is 26.2 Å². The Morgan fingerprint density at radius 2 is 1.86 bits per heavy atom. The normalized spacial score (nSPS) is 19.0. The van der Waals surface area contributed by atoms with Gasteiger partial charge in [-0.05, 0) is 32.3 Å². The van der Waals surface area contributed by atoms with E-state index in [1.165, 1.54) is 19.3 Å². The van der Waals surface area contributed by atoms with Crippen LogP contribution in [0.5, 0.6) is 0 Å². The number of nitrogens with zero attached hydrogens (tertiary/aromatic N) is 2. The van der Waals surface area contributed by atoms with E-state index >= 15 is 0 Å². The Kier molecular flexibility index (Phi) is 4.44. The molecule has 0 aromatic carbocycles. The molecule has 0 bridgehead atoms. The molecule has 1 aliphatic heterocycles. The van der Waals surface area contributed by atoms with Crippen LogP contribution in [0, 0.1) is 0 Å². The highest BCUT2D eigenvalue weighted by molar-refractivity contribution is 5.93. The lowest BCUT2D eigenvalue weighted by Gasteiger charge is -2.28. The van der Waals surface area contributed by atoms with Crippen molar-refractivity contribution in [3.8, 4) is 0 Å². The molecule has 0 aromatic heterocycles. The van der Waals surface area contributed by atoms with Crippen LogP contribution >= 0.6 is 0 Å². The van der Waals surface area contributed by atoms with E-state index in [-0.39, 0.29) is 0 Å². The molecule has 0 spiro atoms. The number of likely N-dealkylation sites (tertiary alicyclic amines) is 1. The summed E-state index contributed by atoms with van der Waals surface area (Å²) in [4.78, 5) is 6.65. The summed E-state index contributed by atoms with van der Waals surface area (Å²) in [6.45, 7) is 8.14. The zero-order valence-corrected chi connectivity index (χ0v) is 9.29. The molecule has 2 heteroatoms. The predicted molar refractivity (Wildman–Crippen MR) is 62.7 cm³/mol. The minimum absolute atomic E-state index is 1.07. The molecule has 0 radical (unpaired) electrons. The molecule has 0 N–H and O–H groups in total. The van der Waals surface area contributed by atoms with E-state index in [0.717, 1.165) is 24.5 Å². The minimum atomic E-state index is 1.07. The third kappa shape index (κ3) is 3.36. The maximum atomic E-state index is 4.30. The summed E-state index contributed by atoms with van der Waals surface area (Å²) in [5.74, 6) is 1.09. The molecular weight excluding hydrogens is 172 g/mol. The van der Waals surface area contributed by atoms with E-state index in [4.69, 9.17) is 0 Å². The van der Waals surface area contributed by atoms with E-state index < -0.39 is 0 Å². The molecule has 0 aliphatic carbocycles. The van der Waals surface area contributed by atoms with Gasteiger partial charge in [-0.15, -0.1) is 0 Å². The Morgan fingerprint density at radius 3 is 2.36 bits per heavy atom. The molecule has 1 fully saturated rings. The van der Waals surface area contributed by atoms with Gasteiger partial charge < -0.3 is 4.90 Å². The van der Waals surface area contributed by atoms with Gasteiger partial charge in [-0.25, -0.2) is 0 Å². The monoisotopic (exact) mass is 192 g/mol. The van der Waals surface area contributed by atoms with Crippen molar-refractivity contribution in [3.05, 3.63) is 24.3 Å². The Bertz CT molecular complexity index is 245. The van der Waals surface area contributed by atoms with Crippen molar-refractivity contribution in [1.82, 2.24) is 4.90 Å². The first-order valence-electron chi connectivity index (χ1n) is 5.29. The first-order chi connectivity index (χ1) is 6.74. The molecule has 0 amide bonds. The Morgan fingerprint density at radius 1 is 1.21 bits per heavy atom. The second kappa shape index (κ2) is 5.63. The van der Waals surface area contributed by atoms with Crippen molar-refractivity contribution < 1.29 is 0 Å². The molecule has 1 heterocycles. The lowest BCUT2D eigenvalue weighted by Crippen LogP contribution is -2.34. The van der Waals surface area contributed by atoms with Gasteiger partial charge in [0.05, 0.1) is 0 Å². The maximum Gasteiger partial charge on any atom is 0.123 e. The Labute approximate surface area is 87.0 Å². The first-order valence-corrected chi connectivity index (χ1v) is 5.29.